The number of nitrogens with one attached hydrogen (secondary N) is 2. The van der Waals surface area contributed by atoms with Gasteiger partial charge in [0.1, 0.15) is 10.8 Å². The van der Waals surface area contributed by atoms with Crippen LogP contribution in [0.25, 0.3) is 0 Å². The third-order valence-electron chi connectivity index (χ3n) is 3.64. The molecule has 1 aromatic rings. The maximum absolute atomic E-state index is 6.09. The molecule has 0 aliphatic heterocycles. The van der Waals surface area contributed by atoms with Crippen LogP contribution in [0.3, 0.4) is 0 Å². The molecule has 0 aromatic carbocycles. The largest absolute Gasteiger partial charge is 0.369 e. The molecule has 1 aliphatic rings. The highest BCUT2D eigenvalue weighted by Crippen LogP contribution is 2.28. The van der Waals surface area contributed by atoms with Crippen LogP contribution in [0.2, 0.25) is 5.02 Å². The summed E-state index contributed by atoms with van der Waals surface area (Å²) in [4.78, 5) is 8.49. The summed E-state index contributed by atoms with van der Waals surface area (Å²) in [6.07, 6.45) is 9.81. The summed E-state index contributed by atoms with van der Waals surface area (Å²) in [6.45, 7) is 3.76. The average molecular weight is 283 g/mol. The third-order valence-corrected chi connectivity index (χ3v) is 3.91. The van der Waals surface area contributed by atoms with Gasteiger partial charge >= 0.3 is 0 Å². The first-order valence-electron chi connectivity index (χ1n) is 7.30. The second-order valence-corrected chi connectivity index (χ2v) is 5.55. The summed E-state index contributed by atoms with van der Waals surface area (Å²) in [6, 6.07) is 0. The van der Waals surface area contributed by atoms with Gasteiger partial charge in [-0.2, -0.15) is 4.98 Å². The maximum Gasteiger partial charge on any atom is 0.224 e. The molecule has 1 aromatic heterocycles. The lowest BCUT2D eigenvalue weighted by Crippen LogP contribution is -2.09. The molecule has 0 saturated heterocycles. The second kappa shape index (κ2) is 7.53. The van der Waals surface area contributed by atoms with Gasteiger partial charge in [-0.15, -0.1) is 0 Å². The van der Waals surface area contributed by atoms with Crippen LogP contribution in [0.15, 0.2) is 6.20 Å². The topological polar surface area (TPSA) is 49.8 Å². The monoisotopic (exact) mass is 282 g/mol. The fourth-order valence-electron chi connectivity index (χ4n) is 2.63. The SMILES string of the molecule is CCNc1ncc(Cl)c(NCCCC2CCCC2)n1. The number of anilines is 2. The van der Waals surface area contributed by atoms with Gasteiger partial charge in [0.25, 0.3) is 0 Å². The molecular weight excluding hydrogens is 260 g/mol. The van der Waals surface area contributed by atoms with Crippen LogP contribution in [0, 0.1) is 5.92 Å². The minimum Gasteiger partial charge on any atom is -0.369 e. The van der Waals surface area contributed by atoms with E-state index in [0.29, 0.717) is 11.0 Å². The van der Waals surface area contributed by atoms with Crippen LogP contribution in [-0.4, -0.2) is 23.1 Å². The lowest BCUT2D eigenvalue weighted by atomic mass is 10.0. The van der Waals surface area contributed by atoms with Gasteiger partial charge in [0, 0.05) is 13.1 Å². The quantitative estimate of drug-likeness (QED) is 0.744. The van der Waals surface area contributed by atoms with Gasteiger partial charge in [0.05, 0.1) is 6.20 Å². The van der Waals surface area contributed by atoms with Crippen molar-refractivity contribution in [2.75, 3.05) is 23.7 Å². The Hall–Kier alpha value is -1.03. The van der Waals surface area contributed by atoms with Crippen LogP contribution in [0.4, 0.5) is 11.8 Å². The second-order valence-electron chi connectivity index (χ2n) is 5.14. The highest BCUT2D eigenvalue weighted by Gasteiger charge is 2.14. The normalized spacial score (nSPS) is 15.7. The van der Waals surface area contributed by atoms with E-state index in [4.69, 9.17) is 11.6 Å². The number of aromatic nitrogens is 2. The zero-order valence-electron chi connectivity index (χ0n) is 11.6. The molecule has 0 amide bonds. The van der Waals surface area contributed by atoms with Crippen LogP contribution < -0.4 is 10.6 Å². The van der Waals surface area contributed by atoms with E-state index in [9.17, 15) is 0 Å². The Bertz CT molecular complexity index is 391. The molecule has 0 unspecified atom stereocenters. The van der Waals surface area contributed by atoms with E-state index < -0.39 is 0 Å². The van der Waals surface area contributed by atoms with Gasteiger partial charge in [-0.25, -0.2) is 4.98 Å². The van der Waals surface area contributed by atoms with Crippen LogP contribution in [0.1, 0.15) is 45.4 Å². The Kier molecular flexibility index (Phi) is 5.70. The molecule has 2 rings (SSSR count). The first kappa shape index (κ1) is 14.4. The van der Waals surface area contributed by atoms with Crippen molar-refractivity contribution in [1.82, 2.24) is 9.97 Å². The Balaban J connectivity index is 1.76. The van der Waals surface area contributed by atoms with E-state index in [1.807, 2.05) is 6.92 Å². The fourth-order valence-corrected chi connectivity index (χ4v) is 2.79. The highest BCUT2D eigenvalue weighted by molar-refractivity contribution is 6.32. The van der Waals surface area contributed by atoms with Gasteiger partial charge in [0.2, 0.25) is 5.95 Å². The average Bonchev–Trinajstić information content (AvgIpc) is 2.91. The fraction of sp³-hybridized carbons (Fsp3) is 0.714. The van der Waals surface area contributed by atoms with Crippen molar-refractivity contribution in [3.8, 4) is 0 Å². The molecule has 1 heterocycles. The molecule has 4 nitrogen and oxygen atoms in total. The van der Waals surface area contributed by atoms with Gasteiger partial charge < -0.3 is 10.6 Å². The van der Waals surface area contributed by atoms with Crippen molar-refractivity contribution >= 4 is 23.4 Å². The van der Waals surface area contributed by atoms with E-state index in [-0.39, 0.29) is 0 Å². The minimum absolute atomic E-state index is 0.586. The van der Waals surface area contributed by atoms with Gasteiger partial charge in [0.15, 0.2) is 0 Å². The molecular formula is C14H23ClN4. The molecule has 1 fully saturated rings. The Morgan fingerprint density at radius 3 is 2.84 bits per heavy atom. The first-order chi connectivity index (χ1) is 9.29. The maximum atomic E-state index is 6.09. The van der Waals surface area contributed by atoms with Crippen LogP contribution in [0.5, 0.6) is 0 Å². The molecule has 19 heavy (non-hydrogen) atoms. The smallest absolute Gasteiger partial charge is 0.224 e. The zero-order chi connectivity index (χ0) is 13.5. The standard InChI is InChI=1S/C14H23ClN4/c1-2-16-14-18-10-12(15)13(19-14)17-9-5-8-11-6-3-4-7-11/h10-11H,2-9H2,1H3,(H2,16,17,18,19). The molecule has 0 bridgehead atoms. The zero-order valence-corrected chi connectivity index (χ0v) is 12.3. The highest BCUT2D eigenvalue weighted by atomic mass is 35.5. The van der Waals surface area contributed by atoms with E-state index >= 15 is 0 Å². The number of nitrogens with zero attached hydrogens (tertiary/aromatic N) is 2. The number of rotatable bonds is 7. The predicted molar refractivity (Wildman–Crippen MR) is 80.9 cm³/mol. The van der Waals surface area contributed by atoms with Gasteiger partial charge in [-0.05, 0) is 25.7 Å². The van der Waals surface area contributed by atoms with Crippen LogP contribution >= 0.6 is 11.6 Å². The van der Waals surface area contributed by atoms with Crippen LogP contribution in [-0.2, 0) is 0 Å². The molecule has 106 valence electrons. The molecule has 1 aliphatic carbocycles. The molecule has 2 N–H and O–H groups in total. The van der Waals surface area contributed by atoms with Crippen molar-refractivity contribution in [2.24, 2.45) is 5.92 Å². The summed E-state index contributed by atoms with van der Waals surface area (Å²) >= 11 is 6.09. The molecule has 0 atom stereocenters. The lowest BCUT2D eigenvalue weighted by Gasteiger charge is -2.11. The molecule has 1 saturated carbocycles. The first-order valence-corrected chi connectivity index (χ1v) is 7.67. The summed E-state index contributed by atoms with van der Waals surface area (Å²) in [7, 11) is 0. The van der Waals surface area contributed by atoms with Crippen molar-refractivity contribution in [3.63, 3.8) is 0 Å². The lowest BCUT2D eigenvalue weighted by molar-refractivity contribution is 0.491. The van der Waals surface area contributed by atoms with E-state index in [0.717, 1.165) is 24.8 Å². The summed E-state index contributed by atoms with van der Waals surface area (Å²) < 4.78 is 0. The minimum atomic E-state index is 0.586. The summed E-state index contributed by atoms with van der Waals surface area (Å²) in [5.74, 6) is 2.31. The molecule has 0 radical (unpaired) electrons. The number of halogens is 1. The summed E-state index contributed by atoms with van der Waals surface area (Å²) in [5, 5.41) is 6.99. The summed E-state index contributed by atoms with van der Waals surface area (Å²) in [5.41, 5.74) is 0. The Labute approximate surface area is 120 Å². The number of hydrogen-bond donors (Lipinski definition) is 2. The van der Waals surface area contributed by atoms with Crippen molar-refractivity contribution < 1.29 is 0 Å². The predicted octanol–water partition coefficient (Wildman–Crippen LogP) is 3.94. The van der Waals surface area contributed by atoms with E-state index in [1.165, 1.54) is 38.5 Å². The van der Waals surface area contributed by atoms with E-state index in [1.54, 1.807) is 6.20 Å². The van der Waals surface area contributed by atoms with Crippen molar-refractivity contribution in [2.45, 2.75) is 45.4 Å². The molecule has 5 heteroatoms. The van der Waals surface area contributed by atoms with Gasteiger partial charge in [-0.3, -0.25) is 0 Å². The van der Waals surface area contributed by atoms with Gasteiger partial charge in [-0.1, -0.05) is 37.3 Å². The van der Waals surface area contributed by atoms with Crippen molar-refractivity contribution in [3.05, 3.63) is 11.2 Å². The third kappa shape index (κ3) is 4.53. The van der Waals surface area contributed by atoms with E-state index in [2.05, 4.69) is 20.6 Å². The number of hydrogen-bond acceptors (Lipinski definition) is 4. The Morgan fingerprint density at radius 1 is 1.32 bits per heavy atom. The van der Waals surface area contributed by atoms with Crippen molar-refractivity contribution in [1.29, 1.82) is 0 Å². The Morgan fingerprint density at radius 2 is 2.11 bits per heavy atom. The molecule has 0 spiro atoms.